The van der Waals surface area contributed by atoms with E-state index in [0.717, 1.165) is 12.1 Å². The molecule has 0 spiro atoms. The van der Waals surface area contributed by atoms with Crippen molar-refractivity contribution < 1.29 is 0 Å². The summed E-state index contributed by atoms with van der Waals surface area (Å²) < 4.78 is 0. The third-order valence-electron chi connectivity index (χ3n) is 5.40. The van der Waals surface area contributed by atoms with Crippen LogP contribution in [0.3, 0.4) is 0 Å². The van der Waals surface area contributed by atoms with Gasteiger partial charge in [-0.15, -0.1) is 0 Å². The number of piperazine rings is 1. The summed E-state index contributed by atoms with van der Waals surface area (Å²) in [7, 11) is 0. The molecule has 3 saturated heterocycles. The summed E-state index contributed by atoms with van der Waals surface area (Å²) in [6.07, 6.45) is 5.20. The second-order valence-electron chi connectivity index (χ2n) is 6.81. The van der Waals surface area contributed by atoms with E-state index in [1.54, 1.807) is 0 Å². The van der Waals surface area contributed by atoms with Crippen LogP contribution in [-0.4, -0.2) is 78.6 Å². The van der Waals surface area contributed by atoms with Crippen molar-refractivity contribution in [2.45, 2.75) is 50.7 Å². The van der Waals surface area contributed by atoms with Gasteiger partial charge in [0.1, 0.15) is 0 Å². The second-order valence-corrected chi connectivity index (χ2v) is 6.81. The molecule has 19 heavy (non-hydrogen) atoms. The van der Waals surface area contributed by atoms with Gasteiger partial charge in [-0.05, 0) is 52.2 Å². The third kappa shape index (κ3) is 3.30. The Morgan fingerprint density at radius 2 is 1.79 bits per heavy atom. The van der Waals surface area contributed by atoms with Gasteiger partial charge in [0.15, 0.2) is 0 Å². The SMILES string of the molecule is CC1CN2CCCC2CN1CCN1CCC(N)CC1. The zero-order valence-electron chi connectivity index (χ0n) is 12.4. The molecule has 2 N–H and O–H groups in total. The molecule has 3 aliphatic rings. The van der Waals surface area contributed by atoms with Crippen molar-refractivity contribution >= 4 is 0 Å². The van der Waals surface area contributed by atoms with Crippen LogP contribution in [0.15, 0.2) is 0 Å². The van der Waals surface area contributed by atoms with Crippen molar-refractivity contribution in [1.29, 1.82) is 0 Å². The highest BCUT2D eigenvalue weighted by Gasteiger charge is 2.34. The van der Waals surface area contributed by atoms with Gasteiger partial charge in [-0.3, -0.25) is 9.80 Å². The van der Waals surface area contributed by atoms with Crippen molar-refractivity contribution in [2.75, 3.05) is 45.8 Å². The van der Waals surface area contributed by atoms with Crippen LogP contribution in [0.4, 0.5) is 0 Å². The molecule has 3 heterocycles. The first-order valence-electron chi connectivity index (χ1n) is 8.18. The fraction of sp³-hybridized carbons (Fsp3) is 1.00. The summed E-state index contributed by atoms with van der Waals surface area (Å²) in [6, 6.07) is 2.05. The van der Waals surface area contributed by atoms with E-state index in [0.29, 0.717) is 6.04 Å². The molecular weight excluding hydrogens is 236 g/mol. The molecule has 2 atom stereocenters. The van der Waals surface area contributed by atoms with E-state index in [9.17, 15) is 0 Å². The number of nitrogens with two attached hydrogens (primary N) is 1. The summed E-state index contributed by atoms with van der Waals surface area (Å²) in [5.41, 5.74) is 5.97. The second kappa shape index (κ2) is 6.08. The molecule has 4 heteroatoms. The summed E-state index contributed by atoms with van der Waals surface area (Å²) >= 11 is 0. The van der Waals surface area contributed by atoms with Crippen LogP contribution in [0.1, 0.15) is 32.6 Å². The predicted octanol–water partition coefficient (Wildman–Crippen LogP) is 0.578. The average Bonchev–Trinajstić information content (AvgIpc) is 2.85. The van der Waals surface area contributed by atoms with Crippen LogP contribution in [0.2, 0.25) is 0 Å². The van der Waals surface area contributed by atoms with Crippen LogP contribution in [0.25, 0.3) is 0 Å². The van der Waals surface area contributed by atoms with Gasteiger partial charge in [0, 0.05) is 44.3 Å². The molecule has 0 aliphatic carbocycles. The summed E-state index contributed by atoms with van der Waals surface area (Å²) in [5.74, 6) is 0. The molecule has 0 aromatic heterocycles. The summed E-state index contributed by atoms with van der Waals surface area (Å²) in [4.78, 5) is 8.04. The van der Waals surface area contributed by atoms with Gasteiger partial charge >= 0.3 is 0 Å². The van der Waals surface area contributed by atoms with E-state index in [1.807, 2.05) is 0 Å². The molecule has 0 radical (unpaired) electrons. The lowest BCUT2D eigenvalue weighted by Gasteiger charge is -2.43. The molecule has 3 aliphatic heterocycles. The normalized spacial score (nSPS) is 35.7. The number of rotatable bonds is 3. The minimum Gasteiger partial charge on any atom is -0.328 e. The van der Waals surface area contributed by atoms with Crippen LogP contribution in [-0.2, 0) is 0 Å². The molecular formula is C15H30N4. The fourth-order valence-electron chi connectivity index (χ4n) is 4.01. The lowest BCUT2D eigenvalue weighted by Crippen LogP contribution is -2.56. The zero-order chi connectivity index (χ0) is 13.2. The Labute approximate surface area is 117 Å². The Bertz CT molecular complexity index is 288. The van der Waals surface area contributed by atoms with Crippen LogP contribution in [0.5, 0.6) is 0 Å². The van der Waals surface area contributed by atoms with E-state index < -0.39 is 0 Å². The molecule has 0 aromatic rings. The van der Waals surface area contributed by atoms with Gasteiger partial charge in [0.25, 0.3) is 0 Å². The lowest BCUT2D eigenvalue weighted by atomic mass is 10.1. The zero-order valence-corrected chi connectivity index (χ0v) is 12.4. The molecule has 4 nitrogen and oxygen atoms in total. The molecule has 0 aromatic carbocycles. The van der Waals surface area contributed by atoms with Gasteiger partial charge in [-0.25, -0.2) is 0 Å². The van der Waals surface area contributed by atoms with Crippen molar-refractivity contribution in [1.82, 2.24) is 14.7 Å². The standard InChI is InChI=1S/C15H30N4/c1-13-11-19-6-2-3-15(19)12-18(13)10-9-17-7-4-14(16)5-8-17/h13-15H,2-12,16H2,1H3. The van der Waals surface area contributed by atoms with Crippen molar-refractivity contribution in [3.8, 4) is 0 Å². The van der Waals surface area contributed by atoms with Crippen molar-refractivity contribution in [2.24, 2.45) is 5.73 Å². The Balaban J connectivity index is 1.44. The number of nitrogens with zero attached hydrogens (tertiary/aromatic N) is 3. The molecule has 3 rings (SSSR count). The highest BCUT2D eigenvalue weighted by atomic mass is 15.3. The largest absolute Gasteiger partial charge is 0.328 e. The lowest BCUT2D eigenvalue weighted by molar-refractivity contribution is 0.0494. The maximum Gasteiger partial charge on any atom is 0.0224 e. The quantitative estimate of drug-likeness (QED) is 0.810. The first kappa shape index (κ1) is 13.8. The number of hydrogen-bond donors (Lipinski definition) is 1. The molecule has 0 amide bonds. The summed E-state index contributed by atoms with van der Waals surface area (Å²) in [6.45, 7) is 11.2. The highest BCUT2D eigenvalue weighted by molar-refractivity contribution is 4.91. The minimum atomic E-state index is 0.456. The van der Waals surface area contributed by atoms with Crippen LogP contribution in [0, 0.1) is 0 Å². The maximum absolute atomic E-state index is 5.97. The van der Waals surface area contributed by atoms with E-state index in [-0.39, 0.29) is 0 Å². The van der Waals surface area contributed by atoms with Gasteiger partial charge in [0.2, 0.25) is 0 Å². The van der Waals surface area contributed by atoms with E-state index in [2.05, 4.69) is 21.6 Å². The van der Waals surface area contributed by atoms with E-state index in [1.165, 1.54) is 71.5 Å². The third-order valence-corrected chi connectivity index (χ3v) is 5.40. The highest BCUT2D eigenvalue weighted by Crippen LogP contribution is 2.24. The van der Waals surface area contributed by atoms with E-state index >= 15 is 0 Å². The Morgan fingerprint density at radius 1 is 1.00 bits per heavy atom. The fourth-order valence-corrected chi connectivity index (χ4v) is 4.01. The Hall–Kier alpha value is -0.160. The molecule has 0 bridgehead atoms. The molecule has 3 fully saturated rings. The predicted molar refractivity (Wildman–Crippen MR) is 79.3 cm³/mol. The number of piperidine rings is 1. The van der Waals surface area contributed by atoms with Crippen LogP contribution < -0.4 is 5.73 Å². The molecule has 0 saturated carbocycles. The van der Waals surface area contributed by atoms with Crippen molar-refractivity contribution in [3.05, 3.63) is 0 Å². The first-order chi connectivity index (χ1) is 9.22. The summed E-state index contributed by atoms with van der Waals surface area (Å²) in [5, 5.41) is 0. The number of fused-ring (bicyclic) bond motifs is 1. The monoisotopic (exact) mass is 266 g/mol. The van der Waals surface area contributed by atoms with Crippen molar-refractivity contribution in [3.63, 3.8) is 0 Å². The van der Waals surface area contributed by atoms with Gasteiger partial charge in [-0.2, -0.15) is 0 Å². The number of likely N-dealkylation sites (tertiary alicyclic amines) is 1. The smallest absolute Gasteiger partial charge is 0.0224 e. The number of hydrogen-bond acceptors (Lipinski definition) is 4. The van der Waals surface area contributed by atoms with E-state index in [4.69, 9.17) is 5.73 Å². The van der Waals surface area contributed by atoms with Gasteiger partial charge in [0.05, 0.1) is 0 Å². The van der Waals surface area contributed by atoms with Crippen LogP contribution >= 0.6 is 0 Å². The average molecular weight is 266 g/mol. The first-order valence-corrected chi connectivity index (χ1v) is 8.18. The minimum absolute atomic E-state index is 0.456. The molecule has 110 valence electrons. The topological polar surface area (TPSA) is 35.7 Å². The Kier molecular flexibility index (Phi) is 4.42. The van der Waals surface area contributed by atoms with Gasteiger partial charge in [-0.1, -0.05) is 0 Å². The van der Waals surface area contributed by atoms with Gasteiger partial charge < -0.3 is 10.6 Å². The Morgan fingerprint density at radius 3 is 2.58 bits per heavy atom. The molecule has 2 unspecified atom stereocenters. The maximum atomic E-state index is 5.97.